The number of rotatable bonds is 6. The van der Waals surface area contributed by atoms with Crippen LogP contribution in [0.15, 0.2) is 28.7 Å². The molecule has 104 valence electrons. The molecule has 1 amide bonds. The first-order valence-corrected chi connectivity index (χ1v) is 6.70. The van der Waals surface area contributed by atoms with Crippen molar-refractivity contribution in [2.75, 3.05) is 6.54 Å². The Morgan fingerprint density at radius 3 is 2.37 bits per heavy atom. The molecule has 0 fully saturated rings. The van der Waals surface area contributed by atoms with Crippen LogP contribution < -0.4 is 10.6 Å². The molecular weight excluding hydrogens is 312 g/mol. The normalized spacial score (nSPS) is 13.6. The zero-order valence-corrected chi connectivity index (χ0v) is 12.4. The van der Waals surface area contributed by atoms with E-state index < -0.39 is 12.0 Å². The molecule has 0 aromatic heterocycles. The molecule has 0 bridgehead atoms. The van der Waals surface area contributed by atoms with Crippen molar-refractivity contribution >= 4 is 27.8 Å². The van der Waals surface area contributed by atoms with Gasteiger partial charge in [-0.2, -0.15) is 0 Å². The summed E-state index contributed by atoms with van der Waals surface area (Å²) in [6, 6.07) is 6.78. The van der Waals surface area contributed by atoms with Crippen LogP contribution in [0, 0.1) is 0 Å². The van der Waals surface area contributed by atoms with E-state index in [0.717, 1.165) is 10.0 Å². The molecule has 19 heavy (non-hydrogen) atoms. The number of nitrogens with one attached hydrogen (secondary N) is 2. The number of carboxylic acid groups (broad SMARTS) is 1. The van der Waals surface area contributed by atoms with Crippen molar-refractivity contribution in [2.24, 2.45) is 0 Å². The van der Waals surface area contributed by atoms with Crippen molar-refractivity contribution in [3.63, 3.8) is 0 Å². The second-order valence-electron chi connectivity index (χ2n) is 4.28. The Hall–Kier alpha value is -1.40. The van der Waals surface area contributed by atoms with E-state index in [9.17, 15) is 9.59 Å². The van der Waals surface area contributed by atoms with Gasteiger partial charge in [0, 0.05) is 4.47 Å². The van der Waals surface area contributed by atoms with Crippen LogP contribution in [0.3, 0.4) is 0 Å². The lowest BCUT2D eigenvalue weighted by atomic mass is 10.1. The Morgan fingerprint density at radius 1 is 1.26 bits per heavy atom. The first-order valence-electron chi connectivity index (χ1n) is 5.91. The van der Waals surface area contributed by atoms with Gasteiger partial charge in [0.05, 0.1) is 12.6 Å². The van der Waals surface area contributed by atoms with E-state index in [1.165, 1.54) is 6.92 Å². The molecule has 1 aromatic rings. The highest BCUT2D eigenvalue weighted by Crippen LogP contribution is 2.16. The van der Waals surface area contributed by atoms with E-state index in [4.69, 9.17) is 5.11 Å². The number of benzene rings is 1. The van der Waals surface area contributed by atoms with Gasteiger partial charge in [-0.05, 0) is 31.5 Å². The molecule has 0 saturated heterocycles. The molecule has 0 aliphatic rings. The number of carbonyl (C=O) groups is 2. The molecule has 1 rings (SSSR count). The summed E-state index contributed by atoms with van der Waals surface area (Å²) in [6.07, 6.45) is 0. The van der Waals surface area contributed by atoms with Gasteiger partial charge in [0.15, 0.2) is 0 Å². The average Bonchev–Trinajstić information content (AvgIpc) is 2.36. The minimum Gasteiger partial charge on any atom is -0.480 e. The van der Waals surface area contributed by atoms with Crippen molar-refractivity contribution < 1.29 is 14.7 Å². The average molecular weight is 329 g/mol. The summed E-state index contributed by atoms with van der Waals surface area (Å²) >= 11 is 3.35. The van der Waals surface area contributed by atoms with Gasteiger partial charge >= 0.3 is 5.97 Å². The second-order valence-corrected chi connectivity index (χ2v) is 5.20. The molecule has 6 heteroatoms. The first-order chi connectivity index (χ1) is 8.90. The molecule has 1 aromatic carbocycles. The number of carboxylic acids is 1. The number of hydrogen-bond acceptors (Lipinski definition) is 3. The molecule has 5 nitrogen and oxygen atoms in total. The largest absolute Gasteiger partial charge is 0.480 e. The van der Waals surface area contributed by atoms with E-state index in [1.807, 2.05) is 31.2 Å². The third-order valence-electron chi connectivity index (χ3n) is 2.69. The van der Waals surface area contributed by atoms with Crippen LogP contribution in [0.25, 0.3) is 0 Å². The summed E-state index contributed by atoms with van der Waals surface area (Å²) in [4.78, 5) is 22.2. The second kappa shape index (κ2) is 7.25. The molecular formula is C13H17BrN2O3. The number of hydrogen-bond donors (Lipinski definition) is 3. The SMILES string of the molecule is CC(NC(=O)CN[C@H](C)C(=O)O)c1ccc(Br)cc1. The molecule has 3 N–H and O–H groups in total. The fraction of sp³-hybridized carbons (Fsp3) is 0.385. The van der Waals surface area contributed by atoms with Crippen LogP contribution in [-0.4, -0.2) is 29.6 Å². The fourth-order valence-electron chi connectivity index (χ4n) is 1.46. The summed E-state index contributed by atoms with van der Waals surface area (Å²) in [5.41, 5.74) is 0.989. The maximum atomic E-state index is 11.6. The van der Waals surface area contributed by atoms with Crippen LogP contribution >= 0.6 is 15.9 Å². The third-order valence-corrected chi connectivity index (χ3v) is 3.22. The zero-order valence-electron chi connectivity index (χ0n) is 10.8. The highest BCUT2D eigenvalue weighted by molar-refractivity contribution is 9.10. The predicted octanol–water partition coefficient (Wildman–Crippen LogP) is 1.69. The Bertz CT molecular complexity index is 448. The van der Waals surface area contributed by atoms with Gasteiger partial charge in [-0.3, -0.25) is 14.9 Å². The minimum absolute atomic E-state index is 0.0195. The quantitative estimate of drug-likeness (QED) is 0.742. The van der Waals surface area contributed by atoms with E-state index in [-0.39, 0.29) is 18.5 Å². The van der Waals surface area contributed by atoms with Crippen LogP contribution in [-0.2, 0) is 9.59 Å². The Balaban J connectivity index is 2.44. The summed E-state index contributed by atoms with van der Waals surface area (Å²) in [5.74, 6) is -1.21. The topological polar surface area (TPSA) is 78.4 Å². The molecule has 0 aliphatic heterocycles. The van der Waals surface area contributed by atoms with E-state index >= 15 is 0 Å². The van der Waals surface area contributed by atoms with Gasteiger partial charge in [-0.15, -0.1) is 0 Å². The van der Waals surface area contributed by atoms with Crippen molar-refractivity contribution in [3.05, 3.63) is 34.3 Å². The molecule has 0 radical (unpaired) electrons. The maximum absolute atomic E-state index is 11.6. The van der Waals surface area contributed by atoms with Gasteiger partial charge in [0.25, 0.3) is 0 Å². The van der Waals surface area contributed by atoms with Crippen LogP contribution in [0.2, 0.25) is 0 Å². The van der Waals surface area contributed by atoms with Crippen molar-refractivity contribution in [2.45, 2.75) is 25.9 Å². The molecule has 0 spiro atoms. The summed E-state index contributed by atoms with van der Waals surface area (Å²) in [5, 5.41) is 14.1. The molecule has 2 atom stereocenters. The zero-order chi connectivity index (χ0) is 14.4. The fourth-order valence-corrected chi connectivity index (χ4v) is 1.72. The first kappa shape index (κ1) is 15.7. The van der Waals surface area contributed by atoms with Gasteiger partial charge < -0.3 is 10.4 Å². The minimum atomic E-state index is -0.978. The number of carbonyl (C=O) groups excluding carboxylic acids is 1. The highest BCUT2D eigenvalue weighted by atomic mass is 79.9. The van der Waals surface area contributed by atoms with Gasteiger partial charge in [0.2, 0.25) is 5.91 Å². The van der Waals surface area contributed by atoms with Gasteiger partial charge in [-0.1, -0.05) is 28.1 Å². The Kier molecular flexibility index (Phi) is 5.98. The monoisotopic (exact) mass is 328 g/mol. The lowest BCUT2D eigenvalue weighted by Crippen LogP contribution is -2.42. The van der Waals surface area contributed by atoms with Crippen molar-refractivity contribution in [1.29, 1.82) is 0 Å². The summed E-state index contributed by atoms with van der Waals surface area (Å²) < 4.78 is 0.978. The van der Waals surface area contributed by atoms with Crippen LogP contribution in [0.4, 0.5) is 0 Å². The summed E-state index contributed by atoms with van der Waals surface area (Å²) in [7, 11) is 0. The van der Waals surface area contributed by atoms with Gasteiger partial charge in [-0.25, -0.2) is 0 Å². The van der Waals surface area contributed by atoms with Crippen LogP contribution in [0.5, 0.6) is 0 Å². The van der Waals surface area contributed by atoms with E-state index in [1.54, 1.807) is 0 Å². The van der Waals surface area contributed by atoms with Crippen LogP contribution in [0.1, 0.15) is 25.5 Å². The lowest BCUT2D eigenvalue weighted by Gasteiger charge is -2.15. The van der Waals surface area contributed by atoms with Crippen molar-refractivity contribution in [3.8, 4) is 0 Å². The Labute approximate surface area is 120 Å². The van der Waals surface area contributed by atoms with Crippen molar-refractivity contribution in [1.82, 2.24) is 10.6 Å². The maximum Gasteiger partial charge on any atom is 0.320 e. The standard InChI is InChI=1S/C13H17BrN2O3/c1-8(10-3-5-11(14)6-4-10)16-12(17)7-15-9(2)13(18)19/h3-6,8-9,15H,7H2,1-2H3,(H,16,17)(H,18,19)/t8?,9-/m1/s1. The molecule has 0 heterocycles. The molecule has 0 aliphatic carbocycles. The third kappa shape index (κ3) is 5.40. The molecule has 1 unspecified atom stereocenters. The molecule has 0 saturated carbocycles. The van der Waals surface area contributed by atoms with E-state index in [2.05, 4.69) is 26.6 Å². The number of halogens is 1. The van der Waals surface area contributed by atoms with E-state index in [0.29, 0.717) is 0 Å². The Morgan fingerprint density at radius 2 is 1.84 bits per heavy atom. The number of amides is 1. The highest BCUT2D eigenvalue weighted by Gasteiger charge is 2.13. The smallest absolute Gasteiger partial charge is 0.320 e. The summed E-state index contributed by atoms with van der Waals surface area (Å²) in [6.45, 7) is 3.35. The number of aliphatic carboxylic acids is 1. The van der Waals surface area contributed by atoms with Gasteiger partial charge in [0.1, 0.15) is 6.04 Å². The predicted molar refractivity (Wildman–Crippen MR) is 75.8 cm³/mol. The lowest BCUT2D eigenvalue weighted by molar-refractivity contribution is -0.139.